The number of halogens is 2. The fourth-order valence-electron chi connectivity index (χ4n) is 6.30. The molecule has 4 aromatic carbocycles. The molecule has 2 aliphatic rings. The minimum Gasteiger partial charge on any atom is -0.385 e. The molecule has 0 spiro atoms. The largest absolute Gasteiger partial charge is 0.385 e. The molecular formula is C36H36Cl2N2O3. The molecule has 222 valence electrons. The summed E-state index contributed by atoms with van der Waals surface area (Å²) >= 11 is 12.8. The van der Waals surface area contributed by atoms with Gasteiger partial charge in [-0.3, -0.25) is 4.79 Å². The fourth-order valence-corrected chi connectivity index (χ4v) is 6.60. The van der Waals surface area contributed by atoms with E-state index >= 15 is 0 Å². The van der Waals surface area contributed by atoms with E-state index in [1.165, 1.54) is 0 Å². The number of aliphatic hydroxyl groups is 1. The number of likely N-dealkylation sites (tertiary alicyclic amines) is 1. The number of hydrogen-bond acceptors (Lipinski definition) is 4. The third-order valence-electron chi connectivity index (χ3n) is 8.98. The van der Waals surface area contributed by atoms with E-state index in [2.05, 4.69) is 41.3 Å². The average Bonchev–Trinajstić information content (AvgIpc) is 3.05. The third-order valence-corrected chi connectivity index (χ3v) is 9.72. The summed E-state index contributed by atoms with van der Waals surface area (Å²) in [4.78, 5) is 17.4. The van der Waals surface area contributed by atoms with Crippen LogP contribution in [0.5, 0.6) is 0 Å². The lowest BCUT2D eigenvalue weighted by Crippen LogP contribution is -2.54. The van der Waals surface area contributed by atoms with E-state index in [4.69, 9.17) is 27.9 Å². The zero-order valence-corrected chi connectivity index (χ0v) is 25.6. The second-order valence-electron chi connectivity index (χ2n) is 11.7. The SMILES string of the molecule is O=C1COC(CCN2CCC(O)(c3ccccc3)CC2)(c2ccc(Cl)c(Cl)c2)CN1Cc1ccc(-c2ccccc2)cc1. The molecule has 2 heterocycles. The van der Waals surface area contributed by atoms with Crippen molar-refractivity contribution in [3.8, 4) is 11.1 Å². The highest BCUT2D eigenvalue weighted by Crippen LogP contribution is 2.39. The van der Waals surface area contributed by atoms with Gasteiger partial charge in [0.15, 0.2) is 0 Å². The minimum absolute atomic E-state index is 0.00387. The third kappa shape index (κ3) is 6.67. The highest BCUT2D eigenvalue weighted by atomic mass is 35.5. The standard InChI is InChI=1S/C36H36Cl2N2O3/c37-32-16-15-31(23-33(32)38)36(19-22-39-20-17-35(42,18-21-39)30-9-5-2-6-10-30)26-40(34(41)25-43-36)24-27-11-13-29(14-12-27)28-7-3-1-4-8-28/h1-16,23,42H,17-22,24-26H2. The van der Waals surface area contributed by atoms with Crippen LogP contribution in [-0.2, 0) is 27.3 Å². The zero-order valence-electron chi connectivity index (χ0n) is 24.1. The van der Waals surface area contributed by atoms with Crippen molar-refractivity contribution >= 4 is 29.1 Å². The molecule has 7 heteroatoms. The Hall–Kier alpha value is -3.19. The molecule has 1 atom stereocenters. The van der Waals surface area contributed by atoms with Gasteiger partial charge in [0.25, 0.3) is 0 Å². The molecule has 0 radical (unpaired) electrons. The van der Waals surface area contributed by atoms with Crippen LogP contribution in [0.25, 0.3) is 11.1 Å². The van der Waals surface area contributed by atoms with Crippen molar-refractivity contribution in [1.82, 2.24) is 9.80 Å². The molecule has 1 N–H and O–H groups in total. The minimum atomic E-state index is -0.806. The summed E-state index contributed by atoms with van der Waals surface area (Å²) in [5, 5.41) is 12.3. The van der Waals surface area contributed by atoms with Crippen LogP contribution in [-0.4, -0.2) is 53.6 Å². The molecule has 4 aromatic rings. The number of piperidine rings is 1. The quantitative estimate of drug-likeness (QED) is 0.226. The molecule has 6 rings (SSSR count). The van der Waals surface area contributed by atoms with Gasteiger partial charge in [-0.2, -0.15) is 0 Å². The van der Waals surface area contributed by atoms with Crippen LogP contribution in [0.2, 0.25) is 10.0 Å². The first kappa shape index (κ1) is 29.9. The maximum atomic E-state index is 13.2. The highest BCUT2D eigenvalue weighted by molar-refractivity contribution is 6.42. The van der Waals surface area contributed by atoms with Gasteiger partial charge in [0.05, 0.1) is 22.2 Å². The Morgan fingerprint density at radius 3 is 2.09 bits per heavy atom. The molecule has 1 unspecified atom stereocenters. The van der Waals surface area contributed by atoms with E-state index < -0.39 is 11.2 Å². The first-order valence-corrected chi connectivity index (χ1v) is 15.6. The lowest BCUT2D eigenvalue weighted by Gasteiger charge is -2.45. The number of amides is 1. The molecule has 2 saturated heterocycles. The molecule has 1 amide bonds. The molecule has 0 aliphatic carbocycles. The number of ether oxygens (including phenoxy) is 1. The van der Waals surface area contributed by atoms with Crippen LogP contribution in [0.15, 0.2) is 103 Å². The molecule has 2 fully saturated rings. The number of benzene rings is 4. The molecule has 2 aliphatic heterocycles. The van der Waals surface area contributed by atoms with Crippen LogP contribution < -0.4 is 0 Å². The summed E-state index contributed by atoms with van der Waals surface area (Å²) in [6.45, 7) is 3.22. The molecule has 5 nitrogen and oxygen atoms in total. The van der Waals surface area contributed by atoms with Crippen molar-refractivity contribution in [3.63, 3.8) is 0 Å². The Morgan fingerprint density at radius 1 is 0.767 bits per heavy atom. The summed E-state index contributed by atoms with van der Waals surface area (Å²) < 4.78 is 6.44. The number of carbonyl (C=O) groups is 1. The van der Waals surface area contributed by atoms with Gasteiger partial charge in [0.1, 0.15) is 12.2 Å². The van der Waals surface area contributed by atoms with Gasteiger partial charge in [-0.05, 0) is 59.2 Å². The number of nitrogens with zero attached hydrogens (tertiary/aromatic N) is 2. The van der Waals surface area contributed by atoms with Crippen LogP contribution in [0.4, 0.5) is 0 Å². The van der Waals surface area contributed by atoms with Gasteiger partial charge < -0.3 is 19.6 Å². The van der Waals surface area contributed by atoms with Gasteiger partial charge >= 0.3 is 0 Å². The summed E-state index contributed by atoms with van der Waals surface area (Å²) in [7, 11) is 0. The molecule has 0 bridgehead atoms. The van der Waals surface area contributed by atoms with Crippen molar-refractivity contribution in [2.75, 3.05) is 32.8 Å². The fraction of sp³-hybridized carbons (Fsp3) is 0.306. The summed E-state index contributed by atoms with van der Waals surface area (Å²) in [5.74, 6) is -0.0336. The molecular weight excluding hydrogens is 579 g/mol. The van der Waals surface area contributed by atoms with E-state index in [1.54, 1.807) is 6.07 Å². The lowest BCUT2D eigenvalue weighted by molar-refractivity contribution is -0.169. The van der Waals surface area contributed by atoms with Crippen LogP contribution in [0, 0.1) is 0 Å². The number of hydrogen-bond donors (Lipinski definition) is 1. The predicted molar refractivity (Wildman–Crippen MR) is 172 cm³/mol. The highest BCUT2D eigenvalue weighted by Gasteiger charge is 2.42. The van der Waals surface area contributed by atoms with Crippen LogP contribution >= 0.6 is 23.2 Å². The van der Waals surface area contributed by atoms with E-state index in [0.29, 0.717) is 42.4 Å². The Kier molecular flexibility index (Phi) is 8.90. The van der Waals surface area contributed by atoms with Crippen LogP contribution in [0.3, 0.4) is 0 Å². The predicted octanol–water partition coefficient (Wildman–Crippen LogP) is 7.29. The first-order chi connectivity index (χ1) is 20.8. The van der Waals surface area contributed by atoms with Crippen molar-refractivity contribution in [2.24, 2.45) is 0 Å². The van der Waals surface area contributed by atoms with Crippen molar-refractivity contribution in [1.29, 1.82) is 0 Å². The smallest absolute Gasteiger partial charge is 0.249 e. The van der Waals surface area contributed by atoms with E-state index in [1.807, 2.05) is 65.6 Å². The van der Waals surface area contributed by atoms with E-state index in [-0.39, 0.29) is 12.5 Å². The Bertz CT molecular complexity index is 1540. The van der Waals surface area contributed by atoms with Gasteiger partial charge in [0, 0.05) is 26.2 Å². The van der Waals surface area contributed by atoms with Gasteiger partial charge in [-0.15, -0.1) is 0 Å². The van der Waals surface area contributed by atoms with Crippen LogP contribution in [0.1, 0.15) is 36.0 Å². The second kappa shape index (κ2) is 12.8. The summed E-state index contributed by atoms with van der Waals surface area (Å²) in [6, 6.07) is 34.2. The van der Waals surface area contributed by atoms with Crippen molar-refractivity contribution in [2.45, 2.75) is 37.0 Å². The molecule has 0 saturated carbocycles. The summed E-state index contributed by atoms with van der Waals surface area (Å²) in [5.41, 5.74) is 3.71. The van der Waals surface area contributed by atoms with E-state index in [9.17, 15) is 9.90 Å². The molecule has 0 aromatic heterocycles. The topological polar surface area (TPSA) is 53.0 Å². The zero-order chi connectivity index (χ0) is 29.9. The average molecular weight is 616 g/mol. The summed E-state index contributed by atoms with van der Waals surface area (Å²) in [6.07, 6.45) is 2.01. The Balaban J connectivity index is 1.18. The Labute approximate surface area is 263 Å². The van der Waals surface area contributed by atoms with Gasteiger partial charge in [-0.25, -0.2) is 0 Å². The van der Waals surface area contributed by atoms with Gasteiger partial charge in [-0.1, -0.05) is 114 Å². The Morgan fingerprint density at radius 2 is 1.42 bits per heavy atom. The molecule has 43 heavy (non-hydrogen) atoms. The van der Waals surface area contributed by atoms with Gasteiger partial charge in [0.2, 0.25) is 5.91 Å². The number of morpholine rings is 1. The van der Waals surface area contributed by atoms with Crippen molar-refractivity contribution < 1.29 is 14.6 Å². The number of rotatable bonds is 8. The second-order valence-corrected chi connectivity index (χ2v) is 12.5. The first-order valence-electron chi connectivity index (χ1n) is 14.9. The maximum Gasteiger partial charge on any atom is 0.249 e. The van der Waals surface area contributed by atoms with Crippen molar-refractivity contribution in [3.05, 3.63) is 130 Å². The lowest BCUT2D eigenvalue weighted by atomic mass is 9.83. The van der Waals surface area contributed by atoms with E-state index in [0.717, 1.165) is 47.5 Å². The monoisotopic (exact) mass is 614 g/mol. The normalized spacial score (nSPS) is 20.7. The number of carbonyl (C=O) groups excluding carboxylic acids is 1. The maximum absolute atomic E-state index is 13.2.